The number of fused-ring (bicyclic) bond motifs is 2. The van der Waals surface area contributed by atoms with Crippen LogP contribution in [0, 0.1) is 0 Å². The molecule has 0 radical (unpaired) electrons. The highest BCUT2D eigenvalue weighted by Crippen LogP contribution is 2.24. The number of rotatable bonds is 0. The number of amides is 1. The summed E-state index contributed by atoms with van der Waals surface area (Å²) in [6, 6.07) is -0.0775. The lowest BCUT2D eigenvalue weighted by Gasteiger charge is -2.32. The van der Waals surface area contributed by atoms with Crippen molar-refractivity contribution in [2.45, 2.75) is 25.3 Å². The van der Waals surface area contributed by atoms with Gasteiger partial charge in [-0.15, -0.1) is 0 Å². The Morgan fingerprint density at radius 2 is 2.12 bits per heavy atom. The Hall–Kier alpha value is -1.55. The van der Waals surface area contributed by atoms with E-state index in [2.05, 4.69) is 9.89 Å². The van der Waals surface area contributed by atoms with E-state index in [9.17, 15) is 9.59 Å². The van der Waals surface area contributed by atoms with Gasteiger partial charge in [0.1, 0.15) is 0 Å². The van der Waals surface area contributed by atoms with Gasteiger partial charge >= 0.3 is 0 Å². The van der Waals surface area contributed by atoms with E-state index in [4.69, 9.17) is 0 Å². The van der Waals surface area contributed by atoms with Crippen molar-refractivity contribution in [1.82, 2.24) is 4.90 Å². The second-order valence-electron chi connectivity index (χ2n) is 4.72. The Balaban J connectivity index is 1.98. The fraction of sp³-hybridized carbons (Fsp3) is 0.462. The minimum absolute atomic E-state index is 0.0122. The van der Waals surface area contributed by atoms with Gasteiger partial charge in [-0.05, 0) is 43.2 Å². The van der Waals surface area contributed by atoms with Gasteiger partial charge in [0.25, 0.3) is 5.91 Å². The van der Waals surface area contributed by atoms with Crippen molar-refractivity contribution in [3.63, 3.8) is 0 Å². The lowest BCUT2D eigenvalue weighted by Crippen LogP contribution is -2.43. The van der Waals surface area contributed by atoms with Crippen molar-refractivity contribution < 1.29 is 9.59 Å². The van der Waals surface area contributed by atoms with Gasteiger partial charge in [0.05, 0.1) is 11.8 Å². The zero-order chi connectivity index (χ0) is 11.8. The van der Waals surface area contributed by atoms with E-state index in [1.54, 1.807) is 12.2 Å². The molecule has 0 aromatic rings. The molecule has 4 nitrogen and oxygen atoms in total. The van der Waals surface area contributed by atoms with Crippen molar-refractivity contribution in [3.05, 3.63) is 23.8 Å². The maximum absolute atomic E-state index is 12.0. The molecule has 4 heteroatoms. The van der Waals surface area contributed by atoms with Crippen LogP contribution in [0.4, 0.5) is 0 Å². The molecule has 1 unspecified atom stereocenters. The van der Waals surface area contributed by atoms with E-state index in [0.717, 1.165) is 31.4 Å². The van der Waals surface area contributed by atoms with Gasteiger partial charge in [0, 0.05) is 6.54 Å². The average Bonchev–Trinajstić information content (AvgIpc) is 2.46. The molecule has 17 heavy (non-hydrogen) atoms. The minimum atomic E-state index is -0.0775. The lowest BCUT2D eigenvalue weighted by atomic mass is 9.99. The van der Waals surface area contributed by atoms with Crippen LogP contribution in [0.1, 0.15) is 19.3 Å². The van der Waals surface area contributed by atoms with Gasteiger partial charge in [-0.2, -0.15) is 0 Å². The van der Waals surface area contributed by atoms with Crippen molar-refractivity contribution in [2.75, 3.05) is 13.1 Å². The minimum Gasteiger partial charge on any atom is -0.290 e. The van der Waals surface area contributed by atoms with Crippen LogP contribution in [-0.2, 0) is 9.59 Å². The third kappa shape index (κ3) is 1.89. The van der Waals surface area contributed by atoms with Crippen LogP contribution in [0.3, 0.4) is 0 Å². The van der Waals surface area contributed by atoms with Crippen LogP contribution in [-0.4, -0.2) is 41.4 Å². The van der Waals surface area contributed by atoms with Gasteiger partial charge in [-0.1, -0.05) is 6.42 Å². The molecule has 0 N–H and O–H groups in total. The van der Waals surface area contributed by atoms with Crippen LogP contribution in [0.15, 0.2) is 28.8 Å². The van der Waals surface area contributed by atoms with E-state index in [0.29, 0.717) is 12.3 Å². The number of piperidine rings is 1. The molecule has 0 bridgehead atoms. The van der Waals surface area contributed by atoms with Crippen molar-refractivity contribution in [3.8, 4) is 0 Å². The van der Waals surface area contributed by atoms with Gasteiger partial charge in [-0.25, -0.2) is 4.99 Å². The first-order chi connectivity index (χ1) is 8.24. The molecule has 0 aromatic heterocycles. The molecular weight excluding hydrogens is 216 g/mol. The van der Waals surface area contributed by atoms with Crippen molar-refractivity contribution in [1.29, 1.82) is 0 Å². The van der Waals surface area contributed by atoms with Crippen LogP contribution < -0.4 is 0 Å². The van der Waals surface area contributed by atoms with E-state index < -0.39 is 0 Å². The van der Waals surface area contributed by atoms with Crippen LogP contribution in [0.2, 0.25) is 0 Å². The van der Waals surface area contributed by atoms with E-state index in [-0.39, 0.29) is 17.7 Å². The molecule has 2 aliphatic heterocycles. The average molecular weight is 230 g/mol. The molecule has 0 aromatic carbocycles. The zero-order valence-corrected chi connectivity index (χ0v) is 9.56. The monoisotopic (exact) mass is 230 g/mol. The highest BCUT2D eigenvalue weighted by atomic mass is 16.2. The number of carbonyl (C=O) groups excluding carboxylic acids is 2. The number of nitrogens with zero attached hydrogens (tertiary/aromatic N) is 2. The Bertz CT molecular complexity index is 474. The smallest absolute Gasteiger partial charge is 0.263 e. The number of hydrogen-bond acceptors (Lipinski definition) is 3. The normalized spacial score (nSPS) is 29.1. The zero-order valence-electron chi connectivity index (χ0n) is 9.56. The summed E-state index contributed by atoms with van der Waals surface area (Å²) in [5, 5.41) is 0. The predicted octanol–water partition coefficient (Wildman–Crippen LogP) is 0.887. The molecule has 2 heterocycles. The van der Waals surface area contributed by atoms with Crippen LogP contribution in [0.5, 0.6) is 0 Å². The highest BCUT2D eigenvalue weighted by molar-refractivity contribution is 6.22. The fourth-order valence-corrected chi connectivity index (χ4v) is 2.67. The standard InChI is InChI=1S/C13H14N2O2/c16-10-4-5-11-9(7-10)8-15-6-2-1-3-12(15)13(17)14-11/h4-5,7,12H,1-3,6,8H2. The Labute approximate surface area is 99.7 Å². The first-order valence-corrected chi connectivity index (χ1v) is 6.03. The van der Waals surface area contributed by atoms with Crippen LogP contribution >= 0.6 is 0 Å². The molecule has 0 saturated carbocycles. The fourth-order valence-electron chi connectivity index (χ4n) is 2.67. The molecule has 3 aliphatic rings. The summed E-state index contributed by atoms with van der Waals surface area (Å²) >= 11 is 0. The quantitative estimate of drug-likeness (QED) is 0.581. The molecular formula is C13H14N2O2. The van der Waals surface area contributed by atoms with E-state index >= 15 is 0 Å². The summed E-state index contributed by atoms with van der Waals surface area (Å²) in [4.78, 5) is 29.7. The molecule has 1 aliphatic carbocycles. The van der Waals surface area contributed by atoms with Gasteiger partial charge in [0.2, 0.25) is 0 Å². The largest absolute Gasteiger partial charge is 0.290 e. The summed E-state index contributed by atoms with van der Waals surface area (Å²) in [5.74, 6) is -0.0658. The molecule has 1 saturated heterocycles. The SMILES string of the molecule is O=C1C=CC2=NC(=O)C3CCCCN3CC2=C1. The lowest BCUT2D eigenvalue weighted by molar-refractivity contribution is -0.123. The summed E-state index contributed by atoms with van der Waals surface area (Å²) < 4.78 is 0. The summed E-state index contributed by atoms with van der Waals surface area (Å²) in [6.07, 6.45) is 7.83. The summed E-state index contributed by atoms with van der Waals surface area (Å²) in [7, 11) is 0. The number of ketones is 1. The van der Waals surface area contributed by atoms with Crippen molar-refractivity contribution in [2.24, 2.45) is 4.99 Å². The summed E-state index contributed by atoms with van der Waals surface area (Å²) in [5.41, 5.74) is 1.55. The van der Waals surface area contributed by atoms with Crippen molar-refractivity contribution >= 4 is 17.4 Å². The molecule has 1 amide bonds. The van der Waals surface area contributed by atoms with Gasteiger partial charge in [-0.3, -0.25) is 14.5 Å². The molecule has 88 valence electrons. The third-order valence-electron chi connectivity index (χ3n) is 3.55. The maximum Gasteiger partial charge on any atom is 0.263 e. The highest BCUT2D eigenvalue weighted by Gasteiger charge is 2.32. The first-order valence-electron chi connectivity index (χ1n) is 6.03. The number of aliphatic imine (C=N–C) groups is 1. The molecule has 0 spiro atoms. The topological polar surface area (TPSA) is 49.7 Å². The van der Waals surface area contributed by atoms with Gasteiger partial charge < -0.3 is 0 Å². The molecule has 3 rings (SSSR count). The second-order valence-corrected chi connectivity index (χ2v) is 4.72. The number of hydrogen-bond donors (Lipinski definition) is 0. The Morgan fingerprint density at radius 3 is 3.00 bits per heavy atom. The third-order valence-corrected chi connectivity index (χ3v) is 3.55. The van der Waals surface area contributed by atoms with E-state index in [1.165, 1.54) is 6.08 Å². The molecule has 1 atom stereocenters. The maximum atomic E-state index is 12.0. The van der Waals surface area contributed by atoms with Gasteiger partial charge in [0.15, 0.2) is 5.78 Å². The Morgan fingerprint density at radius 1 is 1.24 bits per heavy atom. The molecule has 1 fully saturated rings. The van der Waals surface area contributed by atoms with E-state index in [1.807, 2.05) is 0 Å². The number of carbonyl (C=O) groups is 2. The Kier molecular flexibility index (Phi) is 2.52. The second kappa shape index (κ2) is 4.04. The first kappa shape index (κ1) is 10.6. The predicted molar refractivity (Wildman–Crippen MR) is 63.9 cm³/mol. The number of allylic oxidation sites excluding steroid dienone is 3. The summed E-state index contributed by atoms with van der Waals surface area (Å²) in [6.45, 7) is 1.60. The van der Waals surface area contributed by atoms with Crippen LogP contribution in [0.25, 0.3) is 0 Å².